The highest BCUT2D eigenvalue weighted by Gasteiger charge is 2.59. The number of fused-ring (bicyclic) bond motifs is 1. The van der Waals surface area contributed by atoms with E-state index in [4.69, 9.17) is 9.47 Å². The average molecular weight is 463 g/mol. The molecule has 5 nitrogen and oxygen atoms in total. The Morgan fingerprint density at radius 3 is 2.56 bits per heavy atom. The molecule has 3 atom stereocenters. The number of amides is 1. The van der Waals surface area contributed by atoms with Crippen molar-refractivity contribution < 1.29 is 14.3 Å². The third-order valence-corrected chi connectivity index (χ3v) is 8.79. The molecule has 3 aliphatic rings. The number of ether oxygens (including phenoxy) is 2. The van der Waals surface area contributed by atoms with Crippen molar-refractivity contribution in [1.82, 2.24) is 9.80 Å². The molecular weight excluding hydrogens is 424 g/mol. The molecule has 2 aromatic rings. The summed E-state index contributed by atoms with van der Waals surface area (Å²) in [7, 11) is 5.60. The number of carbonyl (C=O) groups excluding carboxylic acids is 1. The highest BCUT2D eigenvalue weighted by Crippen LogP contribution is 2.54. The Kier molecular flexibility index (Phi) is 6.43. The quantitative estimate of drug-likeness (QED) is 0.595. The van der Waals surface area contributed by atoms with Crippen LogP contribution in [-0.4, -0.2) is 68.3 Å². The molecular formula is C29H38N2O3. The van der Waals surface area contributed by atoms with Gasteiger partial charge in [0.2, 0.25) is 0 Å². The van der Waals surface area contributed by atoms with E-state index in [1.165, 1.54) is 24.9 Å². The lowest BCUT2D eigenvalue weighted by Crippen LogP contribution is -2.68. The van der Waals surface area contributed by atoms with Crippen LogP contribution in [0, 0.1) is 5.92 Å². The van der Waals surface area contributed by atoms with E-state index in [1.807, 2.05) is 55.5 Å². The molecule has 3 fully saturated rings. The second kappa shape index (κ2) is 9.35. The van der Waals surface area contributed by atoms with Gasteiger partial charge in [0, 0.05) is 44.3 Å². The Morgan fingerprint density at radius 2 is 1.85 bits per heavy atom. The number of hydrogen-bond acceptors (Lipinski definition) is 4. The fourth-order valence-corrected chi connectivity index (χ4v) is 6.59. The number of methoxy groups -OCH3 is 2. The van der Waals surface area contributed by atoms with Gasteiger partial charge in [-0.25, -0.2) is 0 Å². The van der Waals surface area contributed by atoms with Crippen LogP contribution in [0.3, 0.4) is 0 Å². The molecule has 1 heterocycles. The van der Waals surface area contributed by atoms with Crippen LogP contribution in [0.25, 0.3) is 0 Å². The maximum absolute atomic E-state index is 13.3. The third-order valence-electron chi connectivity index (χ3n) is 8.79. The average Bonchev–Trinajstić information content (AvgIpc) is 3.72. The number of benzene rings is 2. The van der Waals surface area contributed by atoms with E-state index in [-0.39, 0.29) is 23.0 Å². The highest BCUT2D eigenvalue weighted by atomic mass is 16.5. The van der Waals surface area contributed by atoms with Crippen LogP contribution in [0.2, 0.25) is 0 Å². The first-order valence-corrected chi connectivity index (χ1v) is 12.7. The number of likely N-dealkylation sites (tertiary alicyclic amines) is 1. The van der Waals surface area contributed by atoms with Crippen LogP contribution in [0.1, 0.15) is 54.4 Å². The number of rotatable bonds is 7. The molecule has 182 valence electrons. The zero-order valence-corrected chi connectivity index (χ0v) is 20.8. The lowest BCUT2D eigenvalue weighted by molar-refractivity contribution is -0.153. The van der Waals surface area contributed by atoms with Crippen LogP contribution >= 0.6 is 0 Å². The van der Waals surface area contributed by atoms with E-state index in [1.54, 1.807) is 7.11 Å². The monoisotopic (exact) mass is 462 g/mol. The lowest BCUT2D eigenvalue weighted by atomic mass is 9.55. The van der Waals surface area contributed by atoms with Gasteiger partial charge in [-0.3, -0.25) is 4.79 Å². The van der Waals surface area contributed by atoms with Crippen molar-refractivity contribution in [2.24, 2.45) is 5.92 Å². The fraction of sp³-hybridized carbons (Fsp3) is 0.552. The van der Waals surface area contributed by atoms with E-state index in [0.29, 0.717) is 0 Å². The van der Waals surface area contributed by atoms with Gasteiger partial charge in [-0.2, -0.15) is 0 Å². The summed E-state index contributed by atoms with van der Waals surface area (Å²) >= 11 is 0. The maximum atomic E-state index is 13.3. The van der Waals surface area contributed by atoms with Gasteiger partial charge in [-0.15, -0.1) is 0 Å². The molecule has 1 saturated heterocycles. The molecule has 0 bridgehead atoms. The van der Waals surface area contributed by atoms with Gasteiger partial charge in [0.15, 0.2) is 0 Å². The van der Waals surface area contributed by atoms with Crippen molar-refractivity contribution in [2.45, 2.75) is 55.6 Å². The molecule has 0 aromatic heterocycles. The Morgan fingerprint density at radius 1 is 1.06 bits per heavy atom. The summed E-state index contributed by atoms with van der Waals surface area (Å²) in [6.45, 7) is 3.22. The maximum Gasteiger partial charge on any atom is 0.253 e. The molecule has 2 aromatic carbocycles. The van der Waals surface area contributed by atoms with Crippen LogP contribution in [-0.2, 0) is 10.2 Å². The van der Waals surface area contributed by atoms with E-state index in [0.717, 1.165) is 56.0 Å². The second-order valence-electron chi connectivity index (χ2n) is 10.6. The van der Waals surface area contributed by atoms with Crippen molar-refractivity contribution in [3.63, 3.8) is 0 Å². The first kappa shape index (κ1) is 23.4. The van der Waals surface area contributed by atoms with Gasteiger partial charge in [0.25, 0.3) is 5.91 Å². The zero-order chi connectivity index (χ0) is 23.8. The van der Waals surface area contributed by atoms with Crippen LogP contribution < -0.4 is 4.74 Å². The highest BCUT2D eigenvalue weighted by molar-refractivity contribution is 5.94. The van der Waals surface area contributed by atoms with Crippen molar-refractivity contribution in [1.29, 1.82) is 0 Å². The molecule has 1 amide bonds. The van der Waals surface area contributed by atoms with E-state index >= 15 is 0 Å². The van der Waals surface area contributed by atoms with E-state index in [9.17, 15) is 4.79 Å². The van der Waals surface area contributed by atoms with E-state index < -0.39 is 0 Å². The fourth-order valence-electron chi connectivity index (χ4n) is 6.59. The first-order chi connectivity index (χ1) is 16.5. The van der Waals surface area contributed by atoms with Crippen molar-refractivity contribution in [3.05, 3.63) is 65.7 Å². The SMILES string of the molecule is COc1cccc(C23CCN(CC4CC4)CC2(OC)CCC(N(C)C(=O)c2ccccc2)C3)c1. The molecule has 5 rings (SSSR count). The molecule has 0 N–H and O–H groups in total. The molecule has 2 saturated carbocycles. The number of nitrogens with zero attached hydrogens (tertiary/aromatic N) is 2. The zero-order valence-electron chi connectivity index (χ0n) is 20.8. The summed E-state index contributed by atoms with van der Waals surface area (Å²) in [6, 6.07) is 18.4. The van der Waals surface area contributed by atoms with Gasteiger partial charge in [-0.05, 0) is 80.8 Å². The molecule has 0 spiro atoms. The minimum Gasteiger partial charge on any atom is -0.497 e. The van der Waals surface area contributed by atoms with Crippen LogP contribution in [0.5, 0.6) is 5.75 Å². The summed E-state index contributed by atoms with van der Waals surface area (Å²) in [5, 5.41) is 0. The minimum absolute atomic E-state index is 0.0995. The standard InChI is InChI=1S/C29H38N2O3/c1-30(27(32)23-8-5-4-6-9-23)25-14-15-29(34-3)21-31(20-22-12-13-22)17-16-28(29,19-25)24-10-7-11-26(18-24)33-2/h4-11,18,22,25H,12-17,19-21H2,1-3H3. The molecule has 5 heteroatoms. The van der Waals surface area contributed by atoms with Crippen LogP contribution in [0.4, 0.5) is 0 Å². The Balaban J connectivity index is 1.49. The topological polar surface area (TPSA) is 42.0 Å². The lowest BCUT2D eigenvalue weighted by Gasteiger charge is -2.60. The third kappa shape index (κ3) is 4.14. The Bertz CT molecular complexity index is 1010. The van der Waals surface area contributed by atoms with Crippen molar-refractivity contribution >= 4 is 5.91 Å². The summed E-state index contributed by atoms with van der Waals surface area (Å²) < 4.78 is 12.2. The van der Waals surface area contributed by atoms with Crippen molar-refractivity contribution in [2.75, 3.05) is 40.9 Å². The Hall–Kier alpha value is -2.37. The largest absolute Gasteiger partial charge is 0.497 e. The number of carbonyl (C=O) groups is 1. The smallest absolute Gasteiger partial charge is 0.253 e. The van der Waals surface area contributed by atoms with Gasteiger partial charge in [0.05, 0.1) is 12.7 Å². The van der Waals surface area contributed by atoms with Gasteiger partial charge < -0.3 is 19.3 Å². The summed E-state index contributed by atoms with van der Waals surface area (Å²) in [4.78, 5) is 18.0. The first-order valence-electron chi connectivity index (χ1n) is 12.7. The molecule has 1 aliphatic heterocycles. The van der Waals surface area contributed by atoms with Gasteiger partial charge >= 0.3 is 0 Å². The van der Waals surface area contributed by atoms with Crippen LogP contribution in [0.15, 0.2) is 54.6 Å². The molecule has 2 aliphatic carbocycles. The molecule has 0 radical (unpaired) electrons. The van der Waals surface area contributed by atoms with Gasteiger partial charge in [-0.1, -0.05) is 30.3 Å². The minimum atomic E-state index is -0.264. The normalized spacial score (nSPS) is 29.3. The predicted molar refractivity (Wildman–Crippen MR) is 134 cm³/mol. The second-order valence-corrected chi connectivity index (χ2v) is 10.6. The van der Waals surface area contributed by atoms with Gasteiger partial charge in [0.1, 0.15) is 5.75 Å². The number of piperidine rings is 1. The number of hydrogen-bond donors (Lipinski definition) is 0. The Labute approximate surface area is 204 Å². The van der Waals surface area contributed by atoms with Crippen molar-refractivity contribution in [3.8, 4) is 5.75 Å². The molecule has 3 unspecified atom stereocenters. The van der Waals surface area contributed by atoms with E-state index in [2.05, 4.69) is 23.1 Å². The predicted octanol–water partition coefficient (Wildman–Crippen LogP) is 4.76. The summed E-state index contributed by atoms with van der Waals surface area (Å²) in [5.41, 5.74) is 1.61. The molecule has 34 heavy (non-hydrogen) atoms. The summed E-state index contributed by atoms with van der Waals surface area (Å²) in [6.07, 6.45) is 6.56. The summed E-state index contributed by atoms with van der Waals surface area (Å²) in [5.74, 6) is 1.85.